The van der Waals surface area contributed by atoms with E-state index in [0.717, 1.165) is 30.6 Å². The SMILES string of the molecule is O=C1N(CC2CC2)c2ccc(Cc3ccccc3)cc2C12OCCCO2. The summed E-state index contributed by atoms with van der Waals surface area (Å²) in [6, 6.07) is 16.7. The van der Waals surface area contributed by atoms with E-state index in [9.17, 15) is 4.79 Å². The zero-order valence-electron chi connectivity index (χ0n) is 14.8. The molecule has 4 nitrogen and oxygen atoms in total. The Kier molecular flexibility index (Phi) is 3.84. The van der Waals surface area contributed by atoms with Crippen molar-refractivity contribution in [2.45, 2.75) is 31.5 Å². The highest BCUT2D eigenvalue weighted by atomic mass is 16.7. The van der Waals surface area contributed by atoms with Crippen LogP contribution in [0.15, 0.2) is 48.5 Å². The molecule has 0 radical (unpaired) electrons. The number of rotatable bonds is 4. The minimum absolute atomic E-state index is 0.0454. The van der Waals surface area contributed by atoms with Crippen molar-refractivity contribution in [3.63, 3.8) is 0 Å². The molecular formula is C22H23NO3. The van der Waals surface area contributed by atoms with Crippen molar-refractivity contribution in [2.24, 2.45) is 5.92 Å². The molecule has 0 atom stereocenters. The maximum absolute atomic E-state index is 13.2. The maximum atomic E-state index is 13.2. The van der Waals surface area contributed by atoms with Crippen LogP contribution >= 0.6 is 0 Å². The van der Waals surface area contributed by atoms with Crippen molar-refractivity contribution < 1.29 is 14.3 Å². The number of nitrogens with zero attached hydrogens (tertiary/aromatic N) is 1. The van der Waals surface area contributed by atoms with Gasteiger partial charge < -0.3 is 14.4 Å². The summed E-state index contributed by atoms with van der Waals surface area (Å²) in [6.07, 6.45) is 4.08. The normalized spacial score (nSPS) is 21.2. The molecule has 1 saturated carbocycles. The summed E-state index contributed by atoms with van der Waals surface area (Å²) in [5.41, 5.74) is 4.27. The van der Waals surface area contributed by atoms with Gasteiger partial charge in [0, 0.05) is 12.1 Å². The fraction of sp³-hybridized carbons (Fsp3) is 0.409. The lowest BCUT2D eigenvalue weighted by Crippen LogP contribution is -2.47. The fourth-order valence-electron chi connectivity index (χ4n) is 3.98. The number of hydrogen-bond acceptors (Lipinski definition) is 3. The van der Waals surface area contributed by atoms with E-state index in [1.54, 1.807) is 0 Å². The largest absolute Gasteiger partial charge is 0.338 e. The van der Waals surface area contributed by atoms with Crippen LogP contribution in [-0.2, 0) is 26.5 Å². The van der Waals surface area contributed by atoms with Crippen molar-refractivity contribution >= 4 is 11.6 Å². The molecule has 1 amide bonds. The lowest BCUT2D eigenvalue weighted by molar-refractivity contribution is -0.256. The van der Waals surface area contributed by atoms with Gasteiger partial charge in [-0.15, -0.1) is 0 Å². The molecule has 0 unspecified atom stereocenters. The molecule has 1 spiro atoms. The van der Waals surface area contributed by atoms with Crippen LogP contribution in [0.25, 0.3) is 0 Å². The Labute approximate surface area is 153 Å². The zero-order valence-corrected chi connectivity index (χ0v) is 14.8. The third-order valence-corrected chi connectivity index (χ3v) is 5.52. The van der Waals surface area contributed by atoms with Crippen LogP contribution in [0.3, 0.4) is 0 Å². The van der Waals surface area contributed by atoms with Crippen molar-refractivity contribution in [3.05, 3.63) is 65.2 Å². The van der Waals surface area contributed by atoms with Gasteiger partial charge in [0.05, 0.1) is 18.9 Å². The van der Waals surface area contributed by atoms with Crippen molar-refractivity contribution in [3.8, 4) is 0 Å². The van der Waals surface area contributed by atoms with Gasteiger partial charge in [0.1, 0.15) is 0 Å². The molecule has 1 aliphatic carbocycles. The van der Waals surface area contributed by atoms with Crippen molar-refractivity contribution in [2.75, 3.05) is 24.7 Å². The van der Waals surface area contributed by atoms with Crippen LogP contribution < -0.4 is 4.90 Å². The van der Waals surface area contributed by atoms with Crippen LogP contribution in [0.5, 0.6) is 0 Å². The van der Waals surface area contributed by atoms with E-state index in [4.69, 9.17) is 9.47 Å². The number of fused-ring (bicyclic) bond motifs is 2. The van der Waals surface area contributed by atoms with Gasteiger partial charge in [0.25, 0.3) is 11.7 Å². The second-order valence-electron chi connectivity index (χ2n) is 7.54. The first-order chi connectivity index (χ1) is 12.8. The summed E-state index contributed by atoms with van der Waals surface area (Å²) >= 11 is 0. The summed E-state index contributed by atoms with van der Waals surface area (Å²) in [5, 5.41) is 0. The number of anilines is 1. The van der Waals surface area contributed by atoms with Crippen LogP contribution in [0.2, 0.25) is 0 Å². The topological polar surface area (TPSA) is 38.8 Å². The maximum Gasteiger partial charge on any atom is 0.292 e. The number of amides is 1. The van der Waals surface area contributed by atoms with Gasteiger partial charge in [-0.3, -0.25) is 4.79 Å². The molecule has 2 fully saturated rings. The Morgan fingerprint density at radius 1 is 1.00 bits per heavy atom. The summed E-state index contributed by atoms with van der Waals surface area (Å²) in [6.45, 7) is 1.90. The molecule has 1 saturated heterocycles. The van der Waals surface area contributed by atoms with Gasteiger partial charge in [0.15, 0.2) is 0 Å². The van der Waals surface area contributed by atoms with Crippen LogP contribution in [0.1, 0.15) is 36.0 Å². The monoisotopic (exact) mass is 349 g/mol. The van der Waals surface area contributed by atoms with Crippen LogP contribution in [-0.4, -0.2) is 25.7 Å². The van der Waals surface area contributed by atoms with E-state index in [2.05, 4.69) is 42.5 Å². The van der Waals surface area contributed by atoms with Gasteiger partial charge in [-0.1, -0.05) is 36.4 Å². The Balaban J connectivity index is 1.53. The summed E-state index contributed by atoms with van der Waals surface area (Å²) in [4.78, 5) is 15.1. The number of carbonyl (C=O) groups excluding carboxylic acids is 1. The van der Waals surface area contributed by atoms with E-state index in [1.807, 2.05) is 11.0 Å². The summed E-state index contributed by atoms with van der Waals surface area (Å²) in [5.74, 6) is -0.652. The third-order valence-electron chi connectivity index (χ3n) is 5.52. The first-order valence-electron chi connectivity index (χ1n) is 9.53. The molecule has 2 aromatic rings. The molecule has 5 rings (SSSR count). The van der Waals surface area contributed by atoms with Gasteiger partial charge in [-0.05, 0) is 54.9 Å². The first kappa shape index (κ1) is 16.0. The van der Waals surface area contributed by atoms with Crippen molar-refractivity contribution in [1.82, 2.24) is 0 Å². The predicted molar refractivity (Wildman–Crippen MR) is 99.0 cm³/mol. The van der Waals surface area contributed by atoms with E-state index in [1.165, 1.54) is 24.0 Å². The van der Waals surface area contributed by atoms with Gasteiger partial charge >= 0.3 is 0 Å². The number of benzene rings is 2. The highest BCUT2D eigenvalue weighted by molar-refractivity contribution is 6.06. The fourth-order valence-corrected chi connectivity index (χ4v) is 3.98. The molecule has 0 N–H and O–H groups in total. The third kappa shape index (κ3) is 2.65. The standard InChI is InChI=1S/C22H23NO3/c24-21-22(25-11-4-12-26-22)19-14-18(13-16-5-2-1-3-6-16)9-10-20(19)23(21)15-17-7-8-17/h1-3,5-6,9-10,14,17H,4,7-8,11-13,15H2. The van der Waals surface area contributed by atoms with E-state index in [-0.39, 0.29) is 5.91 Å². The average molecular weight is 349 g/mol. The Morgan fingerprint density at radius 3 is 2.50 bits per heavy atom. The molecular weight excluding hydrogens is 326 g/mol. The smallest absolute Gasteiger partial charge is 0.292 e. The minimum Gasteiger partial charge on any atom is -0.338 e. The molecule has 3 aliphatic rings. The van der Waals surface area contributed by atoms with E-state index < -0.39 is 5.79 Å². The molecule has 2 aromatic carbocycles. The second-order valence-corrected chi connectivity index (χ2v) is 7.54. The second kappa shape index (κ2) is 6.22. The zero-order chi connectivity index (χ0) is 17.6. The lowest BCUT2D eigenvalue weighted by atomic mass is 9.99. The predicted octanol–water partition coefficient (Wildman–Crippen LogP) is 3.62. The Hall–Kier alpha value is -2.17. The molecule has 4 heteroatoms. The Morgan fingerprint density at radius 2 is 1.77 bits per heavy atom. The molecule has 26 heavy (non-hydrogen) atoms. The van der Waals surface area contributed by atoms with Crippen molar-refractivity contribution in [1.29, 1.82) is 0 Å². The average Bonchev–Trinajstić information content (AvgIpc) is 3.48. The van der Waals surface area contributed by atoms with Gasteiger partial charge in [0.2, 0.25) is 0 Å². The van der Waals surface area contributed by atoms with E-state index in [0.29, 0.717) is 19.1 Å². The van der Waals surface area contributed by atoms with Crippen LogP contribution in [0, 0.1) is 5.92 Å². The summed E-state index contributed by atoms with van der Waals surface area (Å²) in [7, 11) is 0. The van der Waals surface area contributed by atoms with Gasteiger partial charge in [-0.2, -0.15) is 0 Å². The minimum atomic E-state index is -1.23. The quantitative estimate of drug-likeness (QED) is 0.846. The highest BCUT2D eigenvalue weighted by Crippen LogP contribution is 2.47. The number of carbonyl (C=O) groups is 1. The Bertz CT molecular complexity index is 823. The van der Waals surface area contributed by atoms with E-state index >= 15 is 0 Å². The molecule has 134 valence electrons. The van der Waals surface area contributed by atoms with Gasteiger partial charge in [-0.25, -0.2) is 0 Å². The lowest BCUT2D eigenvalue weighted by Gasteiger charge is -2.32. The highest BCUT2D eigenvalue weighted by Gasteiger charge is 2.55. The number of hydrogen-bond donors (Lipinski definition) is 0. The molecule has 2 heterocycles. The first-order valence-corrected chi connectivity index (χ1v) is 9.53. The summed E-state index contributed by atoms with van der Waals surface area (Å²) < 4.78 is 12.0. The molecule has 0 aromatic heterocycles. The van der Waals surface area contributed by atoms with Crippen LogP contribution in [0.4, 0.5) is 5.69 Å². The molecule has 2 aliphatic heterocycles. The molecule has 0 bridgehead atoms. The number of ether oxygens (including phenoxy) is 2.